The Morgan fingerprint density at radius 2 is 1.86 bits per heavy atom. The summed E-state index contributed by atoms with van der Waals surface area (Å²) in [4.78, 5) is 0. The van der Waals surface area contributed by atoms with Gasteiger partial charge in [0.1, 0.15) is 6.54 Å². The van der Waals surface area contributed by atoms with Crippen LogP contribution in [-0.2, 0) is 10.2 Å². The molecule has 1 aliphatic rings. The van der Waals surface area contributed by atoms with Gasteiger partial charge in [0.2, 0.25) is 0 Å². The minimum atomic E-state index is -4.58. The average Bonchev–Trinajstić information content (AvgIpc) is 2.44. The molecule has 0 atom stereocenters. The van der Waals surface area contributed by atoms with Crippen molar-refractivity contribution >= 4 is 10.2 Å². The minimum absolute atomic E-state index is 0.104. The lowest BCUT2D eigenvalue weighted by atomic mass is 9.75. The van der Waals surface area contributed by atoms with Crippen LogP contribution in [-0.4, -0.2) is 44.6 Å². The van der Waals surface area contributed by atoms with E-state index < -0.39 is 28.5 Å². The maximum Gasteiger partial charge on any atom is 0.402 e. The van der Waals surface area contributed by atoms with Crippen molar-refractivity contribution in [2.45, 2.75) is 50.7 Å². The Balaban J connectivity index is 2.81. The van der Waals surface area contributed by atoms with Gasteiger partial charge in [-0.1, -0.05) is 13.3 Å². The fraction of sp³-hybridized carbons (Fsp3) is 1.00. The summed E-state index contributed by atoms with van der Waals surface area (Å²) in [5.41, 5.74) is 4.96. The molecule has 0 radical (unpaired) electrons. The molecule has 1 saturated carbocycles. The standard InChI is InChI=1S/C12H24F3N3O2S/c1-3-10-4-6-11(8-16,7-5-10)18(2)21(19,20)17-9-12(13,14)15/h10,17H,3-9,16H2,1-2H3. The summed E-state index contributed by atoms with van der Waals surface area (Å²) < 4.78 is 63.3. The summed E-state index contributed by atoms with van der Waals surface area (Å²) >= 11 is 0. The third-order valence-electron chi connectivity index (χ3n) is 4.48. The van der Waals surface area contributed by atoms with E-state index in [0.29, 0.717) is 18.8 Å². The molecule has 1 rings (SSSR count). The van der Waals surface area contributed by atoms with E-state index >= 15 is 0 Å². The number of nitrogens with two attached hydrogens (primary N) is 1. The van der Waals surface area contributed by atoms with Gasteiger partial charge in [-0.25, -0.2) is 0 Å². The quantitative estimate of drug-likeness (QED) is 0.776. The van der Waals surface area contributed by atoms with Gasteiger partial charge in [-0.2, -0.15) is 30.6 Å². The van der Waals surface area contributed by atoms with Crippen molar-refractivity contribution in [3.63, 3.8) is 0 Å². The Bertz CT molecular complexity index is 432. The van der Waals surface area contributed by atoms with Crippen LogP contribution in [0.3, 0.4) is 0 Å². The summed E-state index contributed by atoms with van der Waals surface area (Å²) in [5, 5.41) is 0. The highest BCUT2D eigenvalue weighted by molar-refractivity contribution is 7.87. The second kappa shape index (κ2) is 6.80. The Labute approximate surface area is 124 Å². The Hall–Kier alpha value is -0.380. The molecule has 9 heteroatoms. The number of rotatable bonds is 6. The fourth-order valence-corrected chi connectivity index (χ4v) is 4.10. The lowest BCUT2D eigenvalue weighted by Crippen LogP contribution is -2.59. The molecule has 0 bridgehead atoms. The Morgan fingerprint density at radius 3 is 2.24 bits per heavy atom. The second-order valence-electron chi connectivity index (χ2n) is 5.69. The molecule has 126 valence electrons. The van der Waals surface area contributed by atoms with Crippen molar-refractivity contribution in [2.75, 3.05) is 20.1 Å². The summed E-state index contributed by atoms with van der Waals surface area (Å²) in [5.74, 6) is 0.531. The van der Waals surface area contributed by atoms with Gasteiger partial charge in [-0.15, -0.1) is 0 Å². The predicted octanol–water partition coefficient (Wildman–Crippen LogP) is 1.61. The zero-order valence-corrected chi connectivity index (χ0v) is 13.2. The third-order valence-corrected chi connectivity index (χ3v) is 6.09. The van der Waals surface area contributed by atoms with Crippen LogP contribution in [0.15, 0.2) is 0 Å². The maximum atomic E-state index is 12.2. The molecule has 5 nitrogen and oxygen atoms in total. The summed E-state index contributed by atoms with van der Waals surface area (Å²) in [7, 11) is -2.90. The highest BCUT2D eigenvalue weighted by Crippen LogP contribution is 2.37. The van der Waals surface area contributed by atoms with E-state index in [9.17, 15) is 21.6 Å². The molecule has 0 spiro atoms. The van der Waals surface area contributed by atoms with Gasteiger partial charge in [0, 0.05) is 19.1 Å². The first-order valence-corrected chi connectivity index (χ1v) is 8.51. The highest BCUT2D eigenvalue weighted by Gasteiger charge is 2.43. The zero-order chi connectivity index (χ0) is 16.3. The number of alkyl halides is 3. The van der Waals surface area contributed by atoms with Crippen LogP contribution in [0.1, 0.15) is 39.0 Å². The molecule has 1 aliphatic carbocycles. The van der Waals surface area contributed by atoms with E-state index in [2.05, 4.69) is 6.92 Å². The van der Waals surface area contributed by atoms with E-state index in [1.54, 1.807) is 4.72 Å². The predicted molar refractivity (Wildman–Crippen MR) is 74.8 cm³/mol. The molecule has 0 aromatic rings. The van der Waals surface area contributed by atoms with E-state index in [4.69, 9.17) is 5.73 Å². The second-order valence-corrected chi connectivity index (χ2v) is 7.48. The summed E-state index contributed by atoms with van der Waals surface area (Å²) in [6.07, 6.45) is -0.733. The van der Waals surface area contributed by atoms with Crippen LogP contribution in [0.25, 0.3) is 0 Å². The van der Waals surface area contributed by atoms with Gasteiger partial charge >= 0.3 is 6.18 Å². The van der Waals surface area contributed by atoms with Gasteiger partial charge in [0.25, 0.3) is 10.2 Å². The molecule has 0 aliphatic heterocycles. The topological polar surface area (TPSA) is 75.4 Å². The Morgan fingerprint density at radius 1 is 1.33 bits per heavy atom. The number of hydrogen-bond donors (Lipinski definition) is 2. The van der Waals surface area contributed by atoms with Gasteiger partial charge in [-0.3, -0.25) is 0 Å². The largest absolute Gasteiger partial charge is 0.402 e. The van der Waals surface area contributed by atoms with E-state index in [0.717, 1.165) is 23.6 Å². The molecular weight excluding hydrogens is 307 g/mol. The highest BCUT2D eigenvalue weighted by atomic mass is 32.2. The van der Waals surface area contributed by atoms with E-state index in [1.807, 2.05) is 0 Å². The molecule has 0 amide bonds. The van der Waals surface area contributed by atoms with Crippen LogP contribution in [0.4, 0.5) is 13.2 Å². The summed E-state index contributed by atoms with van der Waals surface area (Å²) in [6, 6.07) is 0. The van der Waals surface area contributed by atoms with Crippen molar-refractivity contribution in [3.05, 3.63) is 0 Å². The van der Waals surface area contributed by atoms with Crippen molar-refractivity contribution in [1.82, 2.24) is 9.03 Å². The monoisotopic (exact) mass is 331 g/mol. The number of nitrogens with one attached hydrogen (secondary N) is 1. The SMILES string of the molecule is CCC1CCC(CN)(N(C)S(=O)(=O)NCC(F)(F)F)CC1. The van der Waals surface area contributed by atoms with Crippen molar-refractivity contribution in [3.8, 4) is 0 Å². The van der Waals surface area contributed by atoms with Crippen LogP contribution < -0.4 is 10.5 Å². The first kappa shape index (κ1) is 18.7. The number of halogens is 3. The fourth-order valence-electron chi connectivity index (χ4n) is 2.80. The molecule has 0 heterocycles. The van der Waals surface area contributed by atoms with Crippen LogP contribution in [0.5, 0.6) is 0 Å². The van der Waals surface area contributed by atoms with Gasteiger partial charge < -0.3 is 5.73 Å². The van der Waals surface area contributed by atoms with Gasteiger partial charge in [-0.05, 0) is 31.6 Å². The minimum Gasteiger partial charge on any atom is -0.329 e. The van der Waals surface area contributed by atoms with Crippen molar-refractivity contribution in [1.29, 1.82) is 0 Å². The summed E-state index contributed by atoms with van der Waals surface area (Å²) in [6.45, 7) is 0.607. The molecule has 0 aromatic carbocycles. The van der Waals surface area contributed by atoms with Crippen molar-refractivity contribution < 1.29 is 21.6 Å². The van der Waals surface area contributed by atoms with E-state index in [-0.39, 0.29) is 6.54 Å². The van der Waals surface area contributed by atoms with Gasteiger partial charge in [0.15, 0.2) is 0 Å². The molecule has 0 saturated heterocycles. The van der Waals surface area contributed by atoms with Crippen LogP contribution in [0, 0.1) is 5.92 Å². The molecular formula is C12H24F3N3O2S. The third kappa shape index (κ3) is 4.80. The number of nitrogens with zero attached hydrogens (tertiary/aromatic N) is 1. The molecule has 3 N–H and O–H groups in total. The smallest absolute Gasteiger partial charge is 0.329 e. The maximum absolute atomic E-state index is 12.2. The number of likely N-dealkylation sites (N-methyl/N-ethyl adjacent to an activating group) is 1. The molecule has 21 heavy (non-hydrogen) atoms. The molecule has 0 unspecified atom stereocenters. The molecule has 0 aromatic heterocycles. The Kier molecular flexibility index (Phi) is 6.05. The van der Waals surface area contributed by atoms with Crippen molar-refractivity contribution in [2.24, 2.45) is 11.7 Å². The van der Waals surface area contributed by atoms with E-state index in [1.165, 1.54) is 7.05 Å². The molecule has 1 fully saturated rings. The van der Waals surface area contributed by atoms with Crippen LogP contribution >= 0.6 is 0 Å². The first-order valence-electron chi connectivity index (χ1n) is 7.07. The normalized spacial score (nSPS) is 28.0. The lowest BCUT2D eigenvalue weighted by molar-refractivity contribution is -0.121. The lowest BCUT2D eigenvalue weighted by Gasteiger charge is -2.44. The van der Waals surface area contributed by atoms with Gasteiger partial charge in [0.05, 0.1) is 0 Å². The first-order chi connectivity index (χ1) is 9.56. The zero-order valence-electron chi connectivity index (χ0n) is 12.4. The number of hydrogen-bond acceptors (Lipinski definition) is 3. The average molecular weight is 331 g/mol. The van der Waals surface area contributed by atoms with Crippen LogP contribution in [0.2, 0.25) is 0 Å².